The molecular formula is C9H17O3. The quantitative estimate of drug-likeness (QED) is 0.612. The minimum Gasteiger partial charge on any atom is -0.434 e. The molecule has 1 radical (unpaired) electrons. The van der Waals surface area contributed by atoms with E-state index in [1.807, 2.05) is 13.8 Å². The summed E-state index contributed by atoms with van der Waals surface area (Å²) in [5.74, 6) is 0.387. The van der Waals surface area contributed by atoms with Crippen LogP contribution < -0.4 is 0 Å². The Labute approximate surface area is 74.0 Å². The van der Waals surface area contributed by atoms with Gasteiger partial charge < -0.3 is 9.47 Å². The van der Waals surface area contributed by atoms with Crippen molar-refractivity contribution in [1.82, 2.24) is 0 Å². The zero-order valence-corrected chi connectivity index (χ0v) is 8.00. The second kappa shape index (κ2) is 5.86. The van der Waals surface area contributed by atoms with E-state index in [9.17, 15) is 4.79 Å². The van der Waals surface area contributed by atoms with Crippen molar-refractivity contribution in [3.05, 3.63) is 6.92 Å². The molecule has 0 amide bonds. The average molecular weight is 173 g/mol. The Balaban J connectivity index is 3.44. The lowest BCUT2D eigenvalue weighted by molar-refractivity contribution is 0.0327. The van der Waals surface area contributed by atoms with Gasteiger partial charge in [-0.25, -0.2) is 4.79 Å². The Morgan fingerprint density at radius 1 is 1.50 bits per heavy atom. The van der Waals surface area contributed by atoms with Crippen LogP contribution in [0, 0.1) is 12.8 Å². The van der Waals surface area contributed by atoms with Crippen LogP contribution in [0.3, 0.4) is 0 Å². The molecule has 0 aromatic heterocycles. The molecule has 0 rings (SSSR count). The predicted octanol–water partition coefficient (Wildman–Crippen LogP) is 2.41. The summed E-state index contributed by atoms with van der Waals surface area (Å²) in [5, 5.41) is 0. The first-order valence-corrected chi connectivity index (χ1v) is 4.22. The molecule has 71 valence electrons. The van der Waals surface area contributed by atoms with Crippen molar-refractivity contribution in [1.29, 1.82) is 0 Å². The third-order valence-electron chi connectivity index (χ3n) is 1.48. The number of hydrogen-bond donors (Lipinski definition) is 0. The molecule has 0 bridgehead atoms. The maximum Gasteiger partial charge on any atom is 0.508 e. The molecule has 2 atom stereocenters. The molecule has 0 N–H and O–H groups in total. The highest BCUT2D eigenvalue weighted by atomic mass is 16.7. The van der Waals surface area contributed by atoms with E-state index in [2.05, 4.69) is 11.7 Å². The van der Waals surface area contributed by atoms with Gasteiger partial charge in [0, 0.05) is 0 Å². The molecule has 0 saturated heterocycles. The van der Waals surface area contributed by atoms with Gasteiger partial charge in [-0.05, 0) is 19.8 Å². The average Bonchev–Trinajstić information content (AvgIpc) is 1.99. The first-order chi connectivity index (χ1) is 5.56. The van der Waals surface area contributed by atoms with Crippen LogP contribution in [0.2, 0.25) is 0 Å². The van der Waals surface area contributed by atoms with Crippen molar-refractivity contribution in [3.63, 3.8) is 0 Å². The fourth-order valence-electron chi connectivity index (χ4n) is 0.526. The van der Waals surface area contributed by atoms with Gasteiger partial charge in [-0.3, -0.25) is 0 Å². The van der Waals surface area contributed by atoms with E-state index in [1.165, 1.54) is 0 Å². The summed E-state index contributed by atoms with van der Waals surface area (Å²) in [6, 6.07) is 0. The smallest absolute Gasteiger partial charge is 0.434 e. The number of carbonyl (C=O) groups excluding carboxylic acids is 1. The van der Waals surface area contributed by atoms with Crippen LogP contribution in [-0.2, 0) is 9.47 Å². The van der Waals surface area contributed by atoms with Gasteiger partial charge >= 0.3 is 6.16 Å². The lowest BCUT2D eigenvalue weighted by Gasteiger charge is -2.11. The SMILES string of the molecule is [CH2][C@@H](C)OC(=O)OCC(C)CC. The molecular weight excluding hydrogens is 156 g/mol. The van der Waals surface area contributed by atoms with E-state index in [1.54, 1.807) is 6.92 Å². The zero-order chi connectivity index (χ0) is 9.56. The Kier molecular flexibility index (Phi) is 5.51. The largest absolute Gasteiger partial charge is 0.508 e. The van der Waals surface area contributed by atoms with Gasteiger partial charge in [-0.2, -0.15) is 0 Å². The molecule has 0 aliphatic heterocycles. The van der Waals surface area contributed by atoms with Crippen LogP contribution in [0.1, 0.15) is 27.2 Å². The van der Waals surface area contributed by atoms with Crippen LogP contribution in [0.25, 0.3) is 0 Å². The minimum atomic E-state index is -0.627. The number of hydrogen-bond acceptors (Lipinski definition) is 3. The van der Waals surface area contributed by atoms with Crippen LogP contribution in [0.5, 0.6) is 0 Å². The molecule has 0 saturated carbocycles. The lowest BCUT2D eigenvalue weighted by Crippen LogP contribution is -2.16. The first-order valence-electron chi connectivity index (χ1n) is 4.22. The summed E-state index contributed by atoms with van der Waals surface area (Å²) in [6.07, 6.45) is 0.0138. The molecule has 3 heteroatoms. The second-order valence-electron chi connectivity index (χ2n) is 3.00. The van der Waals surface area contributed by atoms with Gasteiger partial charge in [0.2, 0.25) is 0 Å². The van der Waals surface area contributed by atoms with E-state index in [-0.39, 0.29) is 6.10 Å². The normalized spacial score (nSPS) is 12.8. The van der Waals surface area contributed by atoms with Crippen molar-refractivity contribution < 1.29 is 14.3 Å². The minimum absolute atomic E-state index is 0.352. The fraction of sp³-hybridized carbons (Fsp3) is 0.778. The molecule has 0 aromatic carbocycles. The van der Waals surface area contributed by atoms with Gasteiger partial charge in [0.1, 0.15) is 6.10 Å². The molecule has 0 aliphatic carbocycles. The molecule has 0 aromatic rings. The maximum atomic E-state index is 10.8. The van der Waals surface area contributed by atoms with Gasteiger partial charge in [-0.15, -0.1) is 0 Å². The molecule has 0 heterocycles. The molecule has 0 spiro atoms. The van der Waals surface area contributed by atoms with Crippen LogP contribution in [0.15, 0.2) is 0 Å². The summed E-state index contributed by atoms with van der Waals surface area (Å²) in [4.78, 5) is 10.8. The van der Waals surface area contributed by atoms with Crippen LogP contribution in [-0.4, -0.2) is 18.9 Å². The first kappa shape index (κ1) is 11.3. The maximum absolute atomic E-state index is 10.8. The van der Waals surface area contributed by atoms with E-state index in [4.69, 9.17) is 4.74 Å². The lowest BCUT2D eigenvalue weighted by atomic mass is 10.1. The summed E-state index contributed by atoms with van der Waals surface area (Å²) in [5.41, 5.74) is 0. The topological polar surface area (TPSA) is 35.5 Å². The highest BCUT2D eigenvalue weighted by Crippen LogP contribution is 2.02. The van der Waals surface area contributed by atoms with E-state index >= 15 is 0 Å². The summed E-state index contributed by atoms with van der Waals surface area (Å²) >= 11 is 0. The molecule has 0 aliphatic rings. The molecule has 0 fully saturated rings. The summed E-state index contributed by atoms with van der Waals surface area (Å²) < 4.78 is 9.48. The Morgan fingerprint density at radius 3 is 2.50 bits per heavy atom. The predicted molar refractivity (Wildman–Crippen MR) is 46.7 cm³/mol. The van der Waals surface area contributed by atoms with Gasteiger partial charge in [0.15, 0.2) is 0 Å². The van der Waals surface area contributed by atoms with Crippen LogP contribution in [0.4, 0.5) is 4.79 Å². The van der Waals surface area contributed by atoms with Crippen molar-refractivity contribution in [3.8, 4) is 0 Å². The highest BCUT2D eigenvalue weighted by Gasteiger charge is 2.08. The summed E-state index contributed by atoms with van der Waals surface area (Å²) in [7, 11) is 0. The van der Waals surface area contributed by atoms with E-state index in [0.717, 1.165) is 6.42 Å². The van der Waals surface area contributed by atoms with Crippen LogP contribution >= 0.6 is 0 Å². The standard InChI is InChI=1S/C9H17O3/c1-5-8(4)6-11-9(10)12-7(2)3/h7-8H,2,5-6H2,1,3-4H3/t7-,8?/m0/s1. The monoisotopic (exact) mass is 173 g/mol. The van der Waals surface area contributed by atoms with Crippen molar-refractivity contribution in [2.24, 2.45) is 5.92 Å². The van der Waals surface area contributed by atoms with E-state index < -0.39 is 6.16 Å². The third-order valence-corrected chi connectivity index (χ3v) is 1.48. The Bertz CT molecular complexity index is 132. The third kappa shape index (κ3) is 6.01. The number of rotatable bonds is 4. The van der Waals surface area contributed by atoms with Crippen molar-refractivity contribution in [2.45, 2.75) is 33.3 Å². The number of carbonyl (C=O) groups is 1. The van der Waals surface area contributed by atoms with Gasteiger partial charge in [0.25, 0.3) is 0 Å². The highest BCUT2D eigenvalue weighted by molar-refractivity contribution is 5.60. The van der Waals surface area contributed by atoms with E-state index in [0.29, 0.717) is 12.5 Å². The van der Waals surface area contributed by atoms with Crippen molar-refractivity contribution in [2.75, 3.05) is 6.61 Å². The Hall–Kier alpha value is -0.730. The van der Waals surface area contributed by atoms with Crippen molar-refractivity contribution >= 4 is 6.16 Å². The number of ether oxygens (including phenoxy) is 2. The Morgan fingerprint density at radius 2 is 2.08 bits per heavy atom. The molecule has 1 unspecified atom stereocenters. The fourth-order valence-corrected chi connectivity index (χ4v) is 0.526. The van der Waals surface area contributed by atoms with Gasteiger partial charge in [0.05, 0.1) is 6.61 Å². The summed E-state index contributed by atoms with van der Waals surface area (Å²) in [6.45, 7) is 9.67. The molecule has 3 nitrogen and oxygen atoms in total. The van der Waals surface area contributed by atoms with Gasteiger partial charge in [-0.1, -0.05) is 20.3 Å². The molecule has 12 heavy (non-hydrogen) atoms. The zero-order valence-electron chi connectivity index (χ0n) is 8.00. The second-order valence-corrected chi connectivity index (χ2v) is 3.00.